The molecule has 0 saturated carbocycles. The van der Waals surface area contributed by atoms with Gasteiger partial charge < -0.3 is 5.11 Å². The SMILES string of the molecule is C=CCCCC(C(=O)O)C(c1ccccc1)(c1ccccc1)c1ccccc1. The van der Waals surface area contributed by atoms with Crippen LogP contribution in [-0.4, -0.2) is 11.1 Å². The standard InChI is InChI=1S/C26H26O2/c1-2-3-7-20-24(25(27)28)26(21-14-8-4-9-15-21,22-16-10-5-11-17-22)23-18-12-6-13-19-23/h2,4-6,8-19,24H,1,3,7,20H2,(H,27,28). The lowest BCUT2D eigenvalue weighted by Crippen LogP contribution is -2.42. The summed E-state index contributed by atoms with van der Waals surface area (Å²) in [6.45, 7) is 3.79. The first-order chi connectivity index (χ1) is 13.7. The van der Waals surface area contributed by atoms with E-state index in [1.165, 1.54) is 0 Å². The fourth-order valence-corrected chi connectivity index (χ4v) is 4.20. The van der Waals surface area contributed by atoms with Gasteiger partial charge in [0, 0.05) is 0 Å². The molecule has 0 saturated heterocycles. The average molecular weight is 370 g/mol. The maximum Gasteiger partial charge on any atom is 0.308 e. The number of carboxylic acids is 1. The monoisotopic (exact) mass is 370 g/mol. The van der Waals surface area contributed by atoms with Gasteiger partial charge in [-0.25, -0.2) is 0 Å². The predicted octanol–water partition coefficient (Wildman–Crippen LogP) is 6.08. The zero-order valence-corrected chi connectivity index (χ0v) is 16.0. The first-order valence-corrected chi connectivity index (χ1v) is 9.71. The molecule has 2 nitrogen and oxygen atoms in total. The Bertz CT molecular complexity index is 789. The minimum Gasteiger partial charge on any atom is -0.481 e. The van der Waals surface area contributed by atoms with Gasteiger partial charge in [0.1, 0.15) is 0 Å². The summed E-state index contributed by atoms with van der Waals surface area (Å²) in [6.07, 6.45) is 4.02. The van der Waals surface area contributed by atoms with Gasteiger partial charge in [0.25, 0.3) is 0 Å². The van der Waals surface area contributed by atoms with E-state index in [2.05, 4.69) is 6.58 Å². The van der Waals surface area contributed by atoms with Gasteiger partial charge in [-0.3, -0.25) is 4.79 Å². The molecule has 2 heteroatoms. The molecular weight excluding hydrogens is 344 g/mol. The van der Waals surface area contributed by atoms with E-state index in [0.717, 1.165) is 29.5 Å². The molecule has 1 N–H and O–H groups in total. The van der Waals surface area contributed by atoms with E-state index in [-0.39, 0.29) is 0 Å². The normalized spacial score (nSPS) is 12.3. The van der Waals surface area contributed by atoms with Crippen LogP contribution in [0.5, 0.6) is 0 Å². The van der Waals surface area contributed by atoms with E-state index in [0.29, 0.717) is 6.42 Å². The van der Waals surface area contributed by atoms with Crippen LogP contribution >= 0.6 is 0 Å². The molecule has 0 amide bonds. The first kappa shape index (κ1) is 19.6. The van der Waals surface area contributed by atoms with Crippen LogP contribution in [0.4, 0.5) is 0 Å². The molecule has 0 aromatic heterocycles. The minimum absolute atomic E-state index is 0.569. The largest absolute Gasteiger partial charge is 0.481 e. The van der Waals surface area contributed by atoms with E-state index >= 15 is 0 Å². The van der Waals surface area contributed by atoms with Crippen LogP contribution in [0, 0.1) is 5.92 Å². The highest BCUT2D eigenvalue weighted by atomic mass is 16.4. The van der Waals surface area contributed by atoms with E-state index in [9.17, 15) is 9.90 Å². The Labute approximate surface area is 167 Å². The molecule has 0 fully saturated rings. The lowest BCUT2D eigenvalue weighted by atomic mass is 9.60. The van der Waals surface area contributed by atoms with Crippen molar-refractivity contribution < 1.29 is 9.90 Å². The van der Waals surface area contributed by atoms with Gasteiger partial charge in [-0.1, -0.05) is 97.1 Å². The number of unbranched alkanes of at least 4 members (excludes halogenated alkanes) is 1. The molecular formula is C26H26O2. The lowest BCUT2D eigenvalue weighted by Gasteiger charge is -2.41. The third-order valence-electron chi connectivity index (χ3n) is 5.41. The lowest BCUT2D eigenvalue weighted by molar-refractivity contribution is -0.143. The third-order valence-corrected chi connectivity index (χ3v) is 5.41. The van der Waals surface area contributed by atoms with Crippen molar-refractivity contribution in [2.75, 3.05) is 0 Å². The highest BCUT2D eigenvalue weighted by molar-refractivity contribution is 5.76. The van der Waals surface area contributed by atoms with Crippen LogP contribution in [0.2, 0.25) is 0 Å². The Hall–Kier alpha value is -3.13. The van der Waals surface area contributed by atoms with Crippen LogP contribution in [0.15, 0.2) is 104 Å². The van der Waals surface area contributed by atoms with Crippen LogP contribution in [0.1, 0.15) is 36.0 Å². The second-order valence-electron chi connectivity index (χ2n) is 7.02. The Morgan fingerprint density at radius 2 is 1.21 bits per heavy atom. The van der Waals surface area contributed by atoms with E-state index in [1.54, 1.807) is 0 Å². The van der Waals surface area contributed by atoms with Crippen LogP contribution in [-0.2, 0) is 10.2 Å². The molecule has 0 aliphatic heterocycles. The van der Waals surface area contributed by atoms with Gasteiger partial charge in [0.05, 0.1) is 11.3 Å². The van der Waals surface area contributed by atoms with E-state index in [1.807, 2.05) is 97.1 Å². The molecule has 0 heterocycles. The van der Waals surface area contributed by atoms with Crippen molar-refractivity contribution in [3.05, 3.63) is 120 Å². The molecule has 3 aromatic rings. The molecule has 0 radical (unpaired) electrons. The topological polar surface area (TPSA) is 37.3 Å². The molecule has 3 aromatic carbocycles. The zero-order valence-electron chi connectivity index (χ0n) is 16.0. The fraction of sp³-hybridized carbons (Fsp3) is 0.192. The predicted molar refractivity (Wildman–Crippen MR) is 114 cm³/mol. The molecule has 28 heavy (non-hydrogen) atoms. The van der Waals surface area contributed by atoms with Crippen molar-refractivity contribution in [2.45, 2.75) is 24.7 Å². The van der Waals surface area contributed by atoms with Crippen molar-refractivity contribution in [1.29, 1.82) is 0 Å². The Morgan fingerprint density at radius 1 is 0.821 bits per heavy atom. The number of carboxylic acid groups (broad SMARTS) is 1. The number of hydrogen-bond donors (Lipinski definition) is 1. The minimum atomic E-state index is -0.777. The van der Waals surface area contributed by atoms with Gasteiger partial charge in [-0.2, -0.15) is 0 Å². The highest BCUT2D eigenvalue weighted by Crippen LogP contribution is 2.47. The molecule has 0 bridgehead atoms. The second-order valence-corrected chi connectivity index (χ2v) is 7.02. The maximum absolute atomic E-state index is 12.6. The highest BCUT2D eigenvalue weighted by Gasteiger charge is 2.46. The van der Waals surface area contributed by atoms with Gasteiger partial charge in [-0.05, 0) is 36.0 Å². The van der Waals surface area contributed by atoms with E-state index in [4.69, 9.17) is 0 Å². The van der Waals surface area contributed by atoms with E-state index < -0.39 is 17.3 Å². The first-order valence-electron chi connectivity index (χ1n) is 9.71. The van der Waals surface area contributed by atoms with Crippen molar-refractivity contribution in [2.24, 2.45) is 5.92 Å². The summed E-state index contributed by atoms with van der Waals surface area (Å²) in [5.41, 5.74) is 2.23. The fourth-order valence-electron chi connectivity index (χ4n) is 4.20. The van der Waals surface area contributed by atoms with Crippen LogP contribution in [0.25, 0.3) is 0 Å². The molecule has 1 atom stereocenters. The molecule has 0 aliphatic rings. The number of hydrogen-bond acceptors (Lipinski definition) is 1. The summed E-state index contributed by atoms with van der Waals surface area (Å²) < 4.78 is 0. The van der Waals surface area contributed by atoms with Crippen molar-refractivity contribution in [3.8, 4) is 0 Å². The van der Waals surface area contributed by atoms with Gasteiger partial charge in [0.15, 0.2) is 0 Å². The summed E-state index contributed by atoms with van der Waals surface area (Å²) in [6, 6.07) is 30.1. The van der Waals surface area contributed by atoms with Crippen LogP contribution < -0.4 is 0 Å². The quantitative estimate of drug-likeness (QED) is 0.282. The number of benzene rings is 3. The third kappa shape index (κ3) is 3.77. The van der Waals surface area contributed by atoms with Crippen molar-refractivity contribution >= 4 is 5.97 Å². The second kappa shape index (κ2) is 9.18. The summed E-state index contributed by atoms with van der Waals surface area (Å²) >= 11 is 0. The summed E-state index contributed by atoms with van der Waals surface area (Å²) in [5, 5.41) is 10.4. The van der Waals surface area contributed by atoms with Gasteiger partial charge in [-0.15, -0.1) is 6.58 Å². The van der Waals surface area contributed by atoms with Crippen molar-refractivity contribution in [3.63, 3.8) is 0 Å². The molecule has 0 spiro atoms. The maximum atomic E-state index is 12.6. The van der Waals surface area contributed by atoms with Gasteiger partial charge >= 0.3 is 5.97 Å². The van der Waals surface area contributed by atoms with Crippen LogP contribution in [0.3, 0.4) is 0 Å². The number of carbonyl (C=O) groups is 1. The summed E-state index contributed by atoms with van der Waals surface area (Å²) in [4.78, 5) is 12.6. The molecule has 0 aliphatic carbocycles. The number of allylic oxidation sites excluding steroid dienone is 1. The Kier molecular flexibility index (Phi) is 6.44. The zero-order chi connectivity index (χ0) is 19.8. The summed E-state index contributed by atoms with van der Waals surface area (Å²) in [7, 11) is 0. The summed E-state index contributed by atoms with van der Waals surface area (Å²) in [5.74, 6) is -1.37. The smallest absolute Gasteiger partial charge is 0.308 e. The molecule has 1 unspecified atom stereocenters. The number of aliphatic carboxylic acids is 1. The Balaban J connectivity index is 2.32. The van der Waals surface area contributed by atoms with Crippen molar-refractivity contribution in [1.82, 2.24) is 0 Å². The number of rotatable bonds is 9. The molecule has 3 rings (SSSR count). The van der Waals surface area contributed by atoms with Gasteiger partial charge in [0.2, 0.25) is 0 Å². The molecule has 142 valence electrons. The Morgan fingerprint density at radius 3 is 1.54 bits per heavy atom. The average Bonchev–Trinajstić information content (AvgIpc) is 2.75.